The van der Waals surface area contributed by atoms with Crippen LogP contribution in [0.3, 0.4) is 0 Å². The lowest BCUT2D eigenvalue weighted by molar-refractivity contribution is -0.345. The second kappa shape index (κ2) is 28.1. The van der Waals surface area contributed by atoms with Crippen LogP contribution in [0.1, 0.15) is 235 Å². The SMILES string of the molecule is CCCCCCCC#Cc1cc(C#CCCCCCCC)cc(C2=C(CCCC)C(CCCCC)=C(c3cc(CCCCC)cc(CCCCC)c3)[N+]2=[N-])c1. The fourth-order valence-corrected chi connectivity index (χ4v) is 7.91. The predicted octanol–water partition coefficient (Wildman–Crippen LogP) is 16.5. The molecule has 0 spiro atoms. The van der Waals surface area contributed by atoms with E-state index in [0.717, 1.165) is 98.7 Å². The van der Waals surface area contributed by atoms with Crippen LogP contribution in [0.5, 0.6) is 0 Å². The molecule has 0 fully saturated rings. The van der Waals surface area contributed by atoms with Crippen molar-refractivity contribution in [3.05, 3.63) is 86.5 Å². The van der Waals surface area contributed by atoms with Crippen molar-refractivity contribution in [2.24, 2.45) is 0 Å². The van der Waals surface area contributed by atoms with Crippen LogP contribution in [0.2, 0.25) is 0 Å². The molecule has 0 atom stereocenters. The Morgan fingerprint density at radius 2 is 0.782 bits per heavy atom. The standard InChI is InChI=1S/C53H78N2/c1-7-13-19-21-23-25-30-34-46-39-47(35-31-26-24-22-20-14-8-2)43-48(42-46)52-50(36-18-12-6)51(37-29-17-11-5)53(55(52)54)49-40-44(32-27-15-9-3)38-45(41-49)33-28-16-10-4/h38-43H,7-29,32-33,36-37H2,1-6H3. The first kappa shape index (κ1) is 46.0. The molecule has 2 heteroatoms. The summed E-state index contributed by atoms with van der Waals surface area (Å²) < 4.78 is 1.60. The normalized spacial score (nSPS) is 12.7. The van der Waals surface area contributed by atoms with Crippen LogP contribution >= 0.6 is 0 Å². The highest BCUT2D eigenvalue weighted by molar-refractivity contribution is 5.83. The monoisotopic (exact) mass is 743 g/mol. The quantitative estimate of drug-likeness (QED) is 0.0495. The summed E-state index contributed by atoms with van der Waals surface area (Å²) in [6.45, 7) is 13.7. The summed E-state index contributed by atoms with van der Waals surface area (Å²) in [5.41, 5.74) is 24.3. The first-order chi connectivity index (χ1) is 27.0. The molecule has 2 nitrogen and oxygen atoms in total. The van der Waals surface area contributed by atoms with Crippen molar-refractivity contribution >= 4 is 11.4 Å². The smallest absolute Gasteiger partial charge is 0.211 e. The highest BCUT2D eigenvalue weighted by atomic mass is 15.2. The minimum atomic E-state index is 0.922. The average Bonchev–Trinajstić information content (AvgIpc) is 3.46. The first-order valence-electron chi connectivity index (χ1n) is 23.2. The Kier molecular flexibility index (Phi) is 23.5. The van der Waals surface area contributed by atoms with Gasteiger partial charge in [0.1, 0.15) is 0 Å². The molecule has 0 saturated heterocycles. The Labute approximate surface area is 340 Å². The molecule has 1 aliphatic rings. The van der Waals surface area contributed by atoms with E-state index in [1.165, 1.54) is 131 Å². The second-order valence-electron chi connectivity index (χ2n) is 16.2. The molecule has 0 amide bonds. The largest absolute Gasteiger partial charge is 0.493 e. The van der Waals surface area contributed by atoms with E-state index in [2.05, 4.69) is 102 Å². The van der Waals surface area contributed by atoms with Crippen molar-refractivity contribution in [3.63, 3.8) is 0 Å². The van der Waals surface area contributed by atoms with Crippen LogP contribution in [-0.2, 0) is 12.8 Å². The van der Waals surface area contributed by atoms with Gasteiger partial charge < -0.3 is 5.53 Å². The maximum absolute atomic E-state index is 12.6. The van der Waals surface area contributed by atoms with Gasteiger partial charge in [0, 0.05) is 46.2 Å². The molecule has 0 N–H and O–H groups in total. The van der Waals surface area contributed by atoms with E-state index < -0.39 is 0 Å². The van der Waals surface area contributed by atoms with E-state index in [4.69, 9.17) is 0 Å². The van der Waals surface area contributed by atoms with Crippen molar-refractivity contribution in [2.75, 3.05) is 0 Å². The fraction of sp³-hybridized carbons (Fsp3) is 0.623. The van der Waals surface area contributed by atoms with Gasteiger partial charge in [-0.1, -0.05) is 168 Å². The van der Waals surface area contributed by atoms with Gasteiger partial charge in [-0.3, -0.25) is 0 Å². The van der Waals surface area contributed by atoms with Crippen LogP contribution in [-0.4, -0.2) is 4.70 Å². The molecule has 0 unspecified atom stereocenters. The van der Waals surface area contributed by atoms with E-state index in [0.29, 0.717) is 0 Å². The van der Waals surface area contributed by atoms with Gasteiger partial charge in [0.2, 0.25) is 11.4 Å². The average molecular weight is 743 g/mol. The number of hydrogen-bond acceptors (Lipinski definition) is 0. The topological polar surface area (TPSA) is 25.3 Å². The predicted molar refractivity (Wildman–Crippen MR) is 241 cm³/mol. The summed E-state index contributed by atoms with van der Waals surface area (Å²) in [5.74, 6) is 14.1. The lowest BCUT2D eigenvalue weighted by atomic mass is 9.90. The van der Waals surface area contributed by atoms with Crippen LogP contribution in [0.4, 0.5) is 0 Å². The van der Waals surface area contributed by atoms with Crippen molar-refractivity contribution in [1.82, 2.24) is 0 Å². The van der Waals surface area contributed by atoms with Crippen molar-refractivity contribution in [1.29, 1.82) is 0 Å². The molecule has 300 valence electrons. The van der Waals surface area contributed by atoms with Gasteiger partial charge in [-0.2, -0.15) is 0 Å². The molecule has 3 rings (SSSR count). The highest BCUT2D eigenvalue weighted by Gasteiger charge is 2.35. The Hall–Kier alpha value is -3.36. The molecule has 2 aromatic rings. The lowest BCUT2D eigenvalue weighted by Crippen LogP contribution is -2.05. The van der Waals surface area contributed by atoms with Gasteiger partial charge in [-0.05, 0) is 106 Å². The third-order valence-corrected chi connectivity index (χ3v) is 11.1. The number of benzene rings is 2. The van der Waals surface area contributed by atoms with Crippen molar-refractivity contribution < 1.29 is 4.70 Å². The third-order valence-electron chi connectivity index (χ3n) is 11.1. The molecule has 55 heavy (non-hydrogen) atoms. The Morgan fingerprint density at radius 3 is 1.24 bits per heavy atom. The fourth-order valence-electron chi connectivity index (χ4n) is 7.91. The third kappa shape index (κ3) is 16.3. The number of allylic oxidation sites excluding steroid dienone is 2. The van der Waals surface area contributed by atoms with Gasteiger partial charge >= 0.3 is 0 Å². The zero-order chi connectivity index (χ0) is 39.5. The maximum Gasteiger partial charge on any atom is 0.211 e. The second-order valence-corrected chi connectivity index (χ2v) is 16.2. The van der Waals surface area contributed by atoms with Gasteiger partial charge in [-0.15, -0.1) is 0 Å². The first-order valence-corrected chi connectivity index (χ1v) is 23.2. The Balaban J connectivity index is 2.16. The summed E-state index contributed by atoms with van der Waals surface area (Å²) in [4.78, 5) is 0. The van der Waals surface area contributed by atoms with Crippen LogP contribution in [0.25, 0.3) is 16.9 Å². The zero-order valence-electron chi connectivity index (χ0n) is 36.5. The molecule has 0 bridgehead atoms. The van der Waals surface area contributed by atoms with E-state index in [1.807, 2.05) is 0 Å². The number of nitrogens with zero attached hydrogens (tertiary/aromatic N) is 2. The van der Waals surface area contributed by atoms with Gasteiger partial charge in [0.05, 0.1) is 0 Å². The summed E-state index contributed by atoms with van der Waals surface area (Å²) >= 11 is 0. The number of unbranched alkanes of at least 4 members (excludes halogenated alkanes) is 17. The summed E-state index contributed by atoms with van der Waals surface area (Å²) in [5, 5.41) is 0. The molecule has 0 aliphatic carbocycles. The molecule has 1 aliphatic heterocycles. The van der Waals surface area contributed by atoms with E-state index in [-0.39, 0.29) is 0 Å². The zero-order valence-corrected chi connectivity index (χ0v) is 36.5. The maximum atomic E-state index is 12.6. The van der Waals surface area contributed by atoms with Crippen LogP contribution < -0.4 is 0 Å². The molecule has 0 saturated carbocycles. The molecule has 2 aromatic carbocycles. The van der Waals surface area contributed by atoms with Gasteiger partial charge in [0.15, 0.2) is 0 Å². The van der Waals surface area contributed by atoms with E-state index in [1.54, 1.807) is 4.70 Å². The lowest BCUT2D eigenvalue weighted by Gasteiger charge is -2.14. The minimum Gasteiger partial charge on any atom is -0.493 e. The Bertz CT molecular complexity index is 1550. The van der Waals surface area contributed by atoms with Crippen LogP contribution in [0, 0.1) is 23.7 Å². The molecule has 1 heterocycles. The minimum absolute atomic E-state index is 0.922. The molecule has 0 aromatic heterocycles. The van der Waals surface area contributed by atoms with Gasteiger partial charge in [-0.25, -0.2) is 4.70 Å². The molecular formula is C53H78N2. The van der Waals surface area contributed by atoms with Crippen LogP contribution in [0.15, 0.2) is 47.5 Å². The summed E-state index contributed by atoms with van der Waals surface area (Å²) in [6.07, 6.45) is 31.6. The van der Waals surface area contributed by atoms with Gasteiger partial charge in [0.25, 0.3) is 0 Å². The van der Waals surface area contributed by atoms with E-state index in [9.17, 15) is 5.53 Å². The highest BCUT2D eigenvalue weighted by Crippen LogP contribution is 2.45. The number of hydrogen-bond donors (Lipinski definition) is 0. The number of aryl methyl sites for hydroxylation is 2. The molecule has 0 radical (unpaired) electrons. The Morgan fingerprint density at radius 1 is 0.400 bits per heavy atom. The number of rotatable bonds is 27. The van der Waals surface area contributed by atoms with E-state index >= 15 is 0 Å². The summed E-state index contributed by atoms with van der Waals surface area (Å²) in [6, 6.07) is 13.9. The van der Waals surface area contributed by atoms with Crippen molar-refractivity contribution in [3.8, 4) is 23.7 Å². The molecular weight excluding hydrogens is 665 g/mol. The van der Waals surface area contributed by atoms with Crippen molar-refractivity contribution in [2.45, 2.75) is 215 Å². The summed E-state index contributed by atoms with van der Waals surface area (Å²) in [7, 11) is 0.